The summed E-state index contributed by atoms with van der Waals surface area (Å²) in [4.78, 5) is -0.389. The normalized spacial score (nSPS) is 11.5. The van der Waals surface area contributed by atoms with Crippen molar-refractivity contribution in [3.63, 3.8) is 0 Å². The second kappa shape index (κ2) is 10.2. The van der Waals surface area contributed by atoms with Gasteiger partial charge in [-0.1, -0.05) is 0 Å². The van der Waals surface area contributed by atoms with E-state index in [2.05, 4.69) is 0 Å². The van der Waals surface area contributed by atoms with Gasteiger partial charge < -0.3 is 9.47 Å². The van der Waals surface area contributed by atoms with Crippen molar-refractivity contribution in [2.45, 2.75) is 16.7 Å². The van der Waals surface area contributed by atoms with E-state index in [1.165, 1.54) is 31.4 Å². The number of hydrogen-bond donors (Lipinski definition) is 0. The maximum Gasteiger partial charge on any atom is 0.206 e. The summed E-state index contributed by atoms with van der Waals surface area (Å²) in [5.41, 5.74) is -5.19. The van der Waals surface area contributed by atoms with Crippen molar-refractivity contribution in [3.05, 3.63) is 101 Å². The smallest absolute Gasteiger partial charge is 0.206 e. The Labute approximate surface area is 216 Å². The van der Waals surface area contributed by atoms with Crippen LogP contribution in [0.1, 0.15) is 5.56 Å². The Morgan fingerprint density at radius 1 is 0.538 bits per heavy atom. The van der Waals surface area contributed by atoms with Gasteiger partial charge in [0.15, 0.2) is 34.9 Å². The number of methoxy groups -OCH3 is 1. The van der Waals surface area contributed by atoms with Gasteiger partial charge in [-0.2, -0.15) is 8.78 Å². The molecule has 204 valence electrons. The predicted molar refractivity (Wildman–Crippen MR) is 121 cm³/mol. The Bertz CT molecular complexity index is 1650. The Balaban J connectivity index is 1.73. The molecule has 39 heavy (non-hydrogen) atoms. The van der Waals surface area contributed by atoms with E-state index in [0.717, 1.165) is 24.3 Å². The number of benzene rings is 4. The molecule has 0 fully saturated rings. The molecule has 4 aromatic rings. The first kappa shape index (κ1) is 27.9. The summed E-state index contributed by atoms with van der Waals surface area (Å²) in [5, 5.41) is 0. The molecular weight excluding hydrogens is 560 g/mol. The third-order valence-corrected chi connectivity index (χ3v) is 7.47. The second-order valence-electron chi connectivity index (χ2n) is 7.97. The first-order valence-corrected chi connectivity index (χ1v) is 12.1. The zero-order valence-electron chi connectivity index (χ0n) is 19.7. The predicted octanol–water partition coefficient (Wildman–Crippen LogP) is 7.41. The average molecular weight is 574 g/mol. The molecule has 0 saturated heterocycles. The van der Waals surface area contributed by atoms with Crippen molar-refractivity contribution in [1.29, 1.82) is 0 Å². The maximum atomic E-state index is 14.7. The van der Waals surface area contributed by atoms with Crippen LogP contribution in [0.5, 0.6) is 17.2 Å². The lowest BCUT2D eigenvalue weighted by Gasteiger charge is -2.15. The lowest BCUT2D eigenvalue weighted by molar-refractivity contribution is 0.366. The second-order valence-corrected chi connectivity index (χ2v) is 9.92. The van der Waals surface area contributed by atoms with Crippen molar-refractivity contribution < 1.29 is 53.0 Å². The van der Waals surface area contributed by atoms with Crippen LogP contribution in [0.3, 0.4) is 0 Å². The van der Waals surface area contributed by atoms with E-state index < -0.39 is 84.6 Å². The summed E-state index contributed by atoms with van der Waals surface area (Å²) in [6.45, 7) is 0.638. The molecule has 0 N–H and O–H groups in total. The highest BCUT2D eigenvalue weighted by atomic mass is 32.2. The quantitative estimate of drug-likeness (QED) is 0.178. The minimum atomic E-state index is -4.05. The summed E-state index contributed by atoms with van der Waals surface area (Å²) in [6, 6.07) is 9.15. The van der Waals surface area contributed by atoms with Crippen LogP contribution in [0.15, 0.2) is 58.3 Å². The molecule has 0 bridgehead atoms. The minimum Gasteiger partial charge on any atom is -0.497 e. The molecule has 0 unspecified atom stereocenters. The monoisotopic (exact) mass is 574 g/mol. The van der Waals surface area contributed by atoms with Crippen LogP contribution < -0.4 is 9.47 Å². The molecule has 13 heteroatoms. The highest BCUT2D eigenvalue weighted by Gasteiger charge is 2.34. The number of halogens is 8. The molecule has 0 radical (unpaired) electrons. The number of ether oxygens (including phenoxy) is 2. The van der Waals surface area contributed by atoms with Crippen LogP contribution in [-0.2, 0) is 9.84 Å². The first-order chi connectivity index (χ1) is 18.3. The number of rotatable bonds is 6. The number of hydrogen-bond acceptors (Lipinski definition) is 4. The van der Waals surface area contributed by atoms with E-state index in [0.29, 0.717) is 12.7 Å². The zero-order chi connectivity index (χ0) is 28.8. The van der Waals surface area contributed by atoms with Crippen molar-refractivity contribution in [1.82, 2.24) is 0 Å². The van der Waals surface area contributed by atoms with Crippen LogP contribution in [0.2, 0.25) is 0 Å². The molecule has 0 aliphatic carbocycles. The summed E-state index contributed by atoms with van der Waals surface area (Å²) < 4.78 is 151. The van der Waals surface area contributed by atoms with Crippen LogP contribution >= 0.6 is 0 Å². The van der Waals surface area contributed by atoms with E-state index >= 15 is 0 Å². The van der Waals surface area contributed by atoms with E-state index in [9.17, 15) is 43.5 Å². The highest BCUT2D eigenvalue weighted by molar-refractivity contribution is 7.91. The van der Waals surface area contributed by atoms with Gasteiger partial charge in [-0.05, 0) is 55.5 Å². The maximum absolute atomic E-state index is 14.7. The zero-order valence-corrected chi connectivity index (χ0v) is 20.5. The highest BCUT2D eigenvalue weighted by Crippen LogP contribution is 2.41. The molecule has 4 aromatic carbocycles. The fourth-order valence-corrected chi connectivity index (χ4v) is 4.84. The molecule has 0 heterocycles. The molecular formula is C26H14F8O4S. The summed E-state index contributed by atoms with van der Waals surface area (Å²) in [5.74, 6) is -19.7. The lowest BCUT2D eigenvalue weighted by atomic mass is 9.99. The molecule has 4 rings (SSSR count). The van der Waals surface area contributed by atoms with Gasteiger partial charge in [-0.3, -0.25) is 0 Å². The number of sulfone groups is 1. The molecule has 0 atom stereocenters. The average Bonchev–Trinajstić information content (AvgIpc) is 2.94. The third-order valence-electron chi connectivity index (χ3n) is 5.68. The van der Waals surface area contributed by atoms with Gasteiger partial charge in [-0.25, -0.2) is 34.8 Å². The Hall–Kier alpha value is -4.13. The van der Waals surface area contributed by atoms with Crippen molar-refractivity contribution in [2.75, 3.05) is 7.11 Å². The summed E-state index contributed by atoms with van der Waals surface area (Å²) >= 11 is 0. The van der Waals surface area contributed by atoms with E-state index in [-0.39, 0.29) is 9.79 Å². The van der Waals surface area contributed by atoms with Crippen molar-refractivity contribution in [3.8, 4) is 28.4 Å². The molecule has 0 aromatic heterocycles. The van der Waals surface area contributed by atoms with Gasteiger partial charge in [0, 0.05) is 5.56 Å². The molecule has 0 amide bonds. The van der Waals surface area contributed by atoms with Gasteiger partial charge in [-0.15, -0.1) is 0 Å². The molecule has 0 saturated carbocycles. The SMILES string of the molecule is COc1ccc(S(=O)(=O)c2ccc(Oc3c(F)c(F)c(-c4c(F)c(F)c(C)c(F)c4F)c(F)c3F)cc2)cc1. The summed E-state index contributed by atoms with van der Waals surface area (Å²) in [6.07, 6.45) is 0. The van der Waals surface area contributed by atoms with Gasteiger partial charge in [0.05, 0.1) is 28.0 Å². The Kier molecular flexibility index (Phi) is 7.30. The van der Waals surface area contributed by atoms with Gasteiger partial charge in [0.2, 0.25) is 27.2 Å². The molecule has 0 spiro atoms. The van der Waals surface area contributed by atoms with E-state index in [1.54, 1.807) is 0 Å². The van der Waals surface area contributed by atoms with Gasteiger partial charge in [0.25, 0.3) is 0 Å². The minimum absolute atomic E-state index is 0.114. The standard InChI is InChI=1S/C26H14F8O4S/c1-11-18(27)20(29)16(21(30)19(11)28)17-22(31)24(33)26(25(34)23(17)32)38-13-5-9-15(10-6-13)39(35,36)14-7-3-12(37-2)4-8-14/h3-10H,1-2H3. The summed E-state index contributed by atoms with van der Waals surface area (Å²) in [7, 11) is -2.66. The topological polar surface area (TPSA) is 52.6 Å². The van der Waals surface area contributed by atoms with E-state index in [1.807, 2.05) is 0 Å². The fourth-order valence-electron chi connectivity index (χ4n) is 3.58. The van der Waals surface area contributed by atoms with E-state index in [4.69, 9.17) is 9.47 Å². The van der Waals surface area contributed by atoms with Gasteiger partial charge >= 0.3 is 0 Å². The molecule has 0 aliphatic rings. The molecule has 0 aliphatic heterocycles. The van der Waals surface area contributed by atoms with Crippen molar-refractivity contribution >= 4 is 9.84 Å². The van der Waals surface area contributed by atoms with Crippen LogP contribution in [0.4, 0.5) is 35.1 Å². The Morgan fingerprint density at radius 3 is 1.28 bits per heavy atom. The Morgan fingerprint density at radius 2 is 0.897 bits per heavy atom. The fraction of sp³-hybridized carbons (Fsp3) is 0.0769. The largest absolute Gasteiger partial charge is 0.497 e. The van der Waals surface area contributed by atoms with Crippen LogP contribution in [0, 0.1) is 53.5 Å². The van der Waals surface area contributed by atoms with Crippen LogP contribution in [0.25, 0.3) is 11.1 Å². The first-order valence-electron chi connectivity index (χ1n) is 10.7. The van der Waals surface area contributed by atoms with Gasteiger partial charge in [0.1, 0.15) is 11.5 Å². The third kappa shape index (κ3) is 4.67. The molecule has 4 nitrogen and oxygen atoms in total. The van der Waals surface area contributed by atoms with Crippen LogP contribution in [-0.4, -0.2) is 15.5 Å². The van der Waals surface area contributed by atoms with Crippen molar-refractivity contribution in [2.24, 2.45) is 0 Å². The lowest BCUT2D eigenvalue weighted by Crippen LogP contribution is -2.09.